The zero-order chi connectivity index (χ0) is 22.0. The summed E-state index contributed by atoms with van der Waals surface area (Å²) >= 11 is 7.20. The van der Waals surface area contributed by atoms with Gasteiger partial charge in [0.25, 0.3) is 5.91 Å². The highest BCUT2D eigenvalue weighted by Gasteiger charge is 2.19. The van der Waals surface area contributed by atoms with Gasteiger partial charge in [0.15, 0.2) is 17.5 Å². The average Bonchev–Trinajstić information content (AvgIpc) is 2.77. The third-order valence-electron chi connectivity index (χ3n) is 4.73. The Morgan fingerprint density at radius 3 is 2.74 bits per heavy atom. The second kappa shape index (κ2) is 8.95. The number of benzene rings is 2. The van der Waals surface area contributed by atoms with Crippen molar-refractivity contribution in [2.45, 2.75) is 18.5 Å². The van der Waals surface area contributed by atoms with E-state index in [0.29, 0.717) is 39.4 Å². The Kier molecular flexibility index (Phi) is 6.11. The van der Waals surface area contributed by atoms with E-state index in [1.54, 1.807) is 30.3 Å². The number of nitrogens with one attached hydrogen (secondary N) is 1. The lowest BCUT2D eigenvalue weighted by Gasteiger charge is -2.18. The SMILES string of the molecule is CCc1nc(SCC(=O)c2ccc3c(c2)NC(=O)CO3)nc(N)c1-c1ccc(Cl)cc1. The van der Waals surface area contributed by atoms with Crippen LogP contribution in [0.25, 0.3) is 11.1 Å². The molecule has 1 amide bonds. The van der Waals surface area contributed by atoms with Gasteiger partial charge in [-0.05, 0) is 42.3 Å². The van der Waals surface area contributed by atoms with Gasteiger partial charge in [-0.2, -0.15) is 0 Å². The molecule has 0 spiro atoms. The Morgan fingerprint density at radius 1 is 1.23 bits per heavy atom. The number of fused-ring (bicyclic) bond motifs is 1. The van der Waals surface area contributed by atoms with E-state index in [1.807, 2.05) is 19.1 Å². The molecule has 31 heavy (non-hydrogen) atoms. The van der Waals surface area contributed by atoms with Crippen molar-refractivity contribution in [1.29, 1.82) is 0 Å². The molecule has 1 aliphatic heterocycles. The van der Waals surface area contributed by atoms with E-state index in [1.165, 1.54) is 11.8 Å². The van der Waals surface area contributed by atoms with Crippen LogP contribution in [0.2, 0.25) is 5.02 Å². The second-order valence-electron chi connectivity index (χ2n) is 6.83. The molecule has 7 nitrogen and oxygen atoms in total. The molecule has 1 aromatic heterocycles. The number of carbonyl (C=O) groups excluding carboxylic acids is 2. The van der Waals surface area contributed by atoms with Gasteiger partial charge in [0, 0.05) is 16.1 Å². The lowest BCUT2D eigenvalue weighted by Crippen LogP contribution is -2.25. The summed E-state index contributed by atoms with van der Waals surface area (Å²) < 4.78 is 5.32. The molecule has 0 radical (unpaired) electrons. The standard InChI is InChI=1S/C22H19ClN4O3S/c1-2-15-20(12-3-6-14(23)7-4-12)21(24)27-22(26-15)31-11-17(28)13-5-8-18-16(9-13)25-19(29)10-30-18/h3-9H,2,10-11H2,1H3,(H,25,29)(H2,24,26,27). The van der Waals surface area contributed by atoms with Crippen molar-refractivity contribution in [2.24, 2.45) is 0 Å². The van der Waals surface area contributed by atoms with E-state index in [4.69, 9.17) is 22.1 Å². The molecule has 2 heterocycles. The molecule has 0 saturated carbocycles. The van der Waals surface area contributed by atoms with Crippen LogP contribution in [-0.4, -0.2) is 34.0 Å². The highest BCUT2D eigenvalue weighted by Crippen LogP contribution is 2.32. The van der Waals surface area contributed by atoms with Gasteiger partial charge in [-0.1, -0.05) is 42.4 Å². The number of aromatic nitrogens is 2. The summed E-state index contributed by atoms with van der Waals surface area (Å²) in [7, 11) is 0. The number of Topliss-reactive ketones (excluding diaryl/α,β-unsaturated/α-hetero) is 1. The molecule has 2 aromatic carbocycles. The molecule has 0 fully saturated rings. The van der Waals surface area contributed by atoms with Crippen molar-refractivity contribution in [3.8, 4) is 16.9 Å². The summed E-state index contributed by atoms with van der Waals surface area (Å²) in [5.41, 5.74) is 9.68. The highest BCUT2D eigenvalue weighted by molar-refractivity contribution is 7.99. The number of halogens is 1. The van der Waals surface area contributed by atoms with Crippen LogP contribution < -0.4 is 15.8 Å². The number of nitrogens with two attached hydrogens (primary N) is 1. The summed E-state index contributed by atoms with van der Waals surface area (Å²) in [6.07, 6.45) is 0.663. The van der Waals surface area contributed by atoms with E-state index >= 15 is 0 Å². The maximum absolute atomic E-state index is 12.7. The number of aryl methyl sites for hydroxylation is 1. The molecule has 0 atom stereocenters. The number of hydrogen-bond acceptors (Lipinski definition) is 7. The molecule has 1 aliphatic rings. The van der Waals surface area contributed by atoms with E-state index in [0.717, 1.165) is 16.8 Å². The zero-order valence-corrected chi connectivity index (χ0v) is 18.2. The third kappa shape index (κ3) is 4.65. The molecule has 158 valence electrons. The number of carbonyl (C=O) groups is 2. The summed E-state index contributed by atoms with van der Waals surface area (Å²) in [5.74, 6) is 0.678. The van der Waals surface area contributed by atoms with Crippen molar-refractivity contribution < 1.29 is 14.3 Å². The van der Waals surface area contributed by atoms with Gasteiger partial charge in [-0.25, -0.2) is 9.97 Å². The fourth-order valence-corrected chi connectivity index (χ4v) is 4.12. The number of anilines is 2. The Labute approximate surface area is 188 Å². The molecule has 4 rings (SSSR count). The molecular weight excluding hydrogens is 436 g/mol. The monoisotopic (exact) mass is 454 g/mol. The first-order valence-corrected chi connectivity index (χ1v) is 11.0. The van der Waals surface area contributed by atoms with Gasteiger partial charge >= 0.3 is 0 Å². The minimum Gasteiger partial charge on any atom is -0.482 e. The first kappa shape index (κ1) is 21.1. The number of nitrogens with zero attached hydrogens (tertiary/aromatic N) is 2. The van der Waals surface area contributed by atoms with E-state index in [2.05, 4.69) is 15.3 Å². The smallest absolute Gasteiger partial charge is 0.262 e. The minimum absolute atomic E-state index is 0.0271. The van der Waals surface area contributed by atoms with Crippen molar-refractivity contribution >= 4 is 46.6 Å². The zero-order valence-electron chi connectivity index (χ0n) is 16.6. The lowest BCUT2D eigenvalue weighted by atomic mass is 10.0. The summed E-state index contributed by atoms with van der Waals surface area (Å²) in [5, 5.41) is 3.78. The van der Waals surface area contributed by atoms with Gasteiger partial charge in [0.2, 0.25) is 0 Å². The van der Waals surface area contributed by atoms with Gasteiger partial charge in [-0.3, -0.25) is 9.59 Å². The summed E-state index contributed by atoms with van der Waals surface area (Å²) in [6, 6.07) is 12.3. The van der Waals surface area contributed by atoms with Crippen LogP contribution in [0.15, 0.2) is 47.6 Å². The molecule has 0 unspecified atom stereocenters. The average molecular weight is 455 g/mol. The van der Waals surface area contributed by atoms with Crippen molar-refractivity contribution in [1.82, 2.24) is 9.97 Å². The van der Waals surface area contributed by atoms with Crippen molar-refractivity contribution in [2.75, 3.05) is 23.4 Å². The van der Waals surface area contributed by atoms with Crippen LogP contribution in [0.3, 0.4) is 0 Å². The molecule has 0 saturated heterocycles. The fourth-order valence-electron chi connectivity index (χ4n) is 3.22. The molecular formula is C22H19ClN4O3S. The molecule has 0 bridgehead atoms. The van der Waals surface area contributed by atoms with Gasteiger partial charge in [0.1, 0.15) is 11.6 Å². The summed E-state index contributed by atoms with van der Waals surface area (Å²) in [6.45, 7) is 1.96. The minimum atomic E-state index is -0.247. The van der Waals surface area contributed by atoms with Gasteiger partial charge < -0.3 is 15.8 Å². The molecule has 0 aliphatic carbocycles. The largest absolute Gasteiger partial charge is 0.482 e. The maximum atomic E-state index is 12.7. The molecule has 3 N–H and O–H groups in total. The number of rotatable bonds is 6. The van der Waals surface area contributed by atoms with Crippen molar-refractivity contribution in [3.63, 3.8) is 0 Å². The lowest BCUT2D eigenvalue weighted by molar-refractivity contribution is -0.118. The van der Waals surface area contributed by atoms with Crippen LogP contribution >= 0.6 is 23.4 Å². The Balaban J connectivity index is 1.51. The first-order chi connectivity index (χ1) is 14.9. The quantitative estimate of drug-likeness (QED) is 0.325. The number of hydrogen-bond donors (Lipinski definition) is 2. The summed E-state index contributed by atoms with van der Waals surface area (Å²) in [4.78, 5) is 33.2. The van der Waals surface area contributed by atoms with Crippen LogP contribution in [0.5, 0.6) is 5.75 Å². The second-order valence-corrected chi connectivity index (χ2v) is 8.21. The van der Waals surface area contributed by atoms with E-state index in [9.17, 15) is 9.59 Å². The predicted octanol–water partition coefficient (Wildman–Crippen LogP) is 4.25. The number of thioether (sulfide) groups is 1. The van der Waals surface area contributed by atoms with Gasteiger partial charge in [0.05, 0.1) is 17.1 Å². The highest BCUT2D eigenvalue weighted by atomic mass is 35.5. The van der Waals surface area contributed by atoms with Crippen molar-refractivity contribution in [3.05, 3.63) is 58.7 Å². The van der Waals surface area contributed by atoms with Crippen LogP contribution in [0, 0.1) is 0 Å². The number of ketones is 1. The van der Waals surface area contributed by atoms with E-state index in [-0.39, 0.29) is 24.1 Å². The number of nitrogen functional groups attached to an aromatic ring is 1. The Morgan fingerprint density at radius 2 is 2.00 bits per heavy atom. The topological polar surface area (TPSA) is 107 Å². The van der Waals surface area contributed by atoms with Crippen LogP contribution in [-0.2, 0) is 11.2 Å². The fraction of sp³-hybridized carbons (Fsp3) is 0.182. The number of ether oxygens (including phenoxy) is 1. The maximum Gasteiger partial charge on any atom is 0.262 e. The van der Waals surface area contributed by atoms with Gasteiger partial charge in [-0.15, -0.1) is 0 Å². The van der Waals surface area contributed by atoms with Crippen LogP contribution in [0.4, 0.5) is 11.5 Å². The number of amides is 1. The molecule has 3 aromatic rings. The molecule has 9 heteroatoms. The first-order valence-electron chi connectivity index (χ1n) is 9.59. The van der Waals surface area contributed by atoms with Crippen LogP contribution in [0.1, 0.15) is 23.0 Å². The third-order valence-corrected chi connectivity index (χ3v) is 5.83. The normalized spacial score (nSPS) is 12.6. The van der Waals surface area contributed by atoms with E-state index < -0.39 is 0 Å². The Hall–Kier alpha value is -3.10. The Bertz CT molecular complexity index is 1170. The predicted molar refractivity (Wildman–Crippen MR) is 122 cm³/mol.